The molecule has 0 radical (unpaired) electrons. The van der Waals surface area contributed by atoms with Gasteiger partial charge in [-0.1, -0.05) is 36.8 Å². The van der Waals surface area contributed by atoms with Crippen LogP contribution in [0, 0.1) is 6.92 Å². The third-order valence-electron chi connectivity index (χ3n) is 2.63. The van der Waals surface area contributed by atoms with E-state index >= 15 is 0 Å². The van der Waals surface area contributed by atoms with Crippen molar-refractivity contribution in [1.82, 2.24) is 5.32 Å². The van der Waals surface area contributed by atoms with Gasteiger partial charge in [0.1, 0.15) is 6.61 Å². The molecule has 1 amide bonds. The first kappa shape index (κ1) is 13.5. The van der Waals surface area contributed by atoms with Crippen molar-refractivity contribution >= 4 is 6.09 Å². The number of hydrogen-bond donors (Lipinski definition) is 2. The molecule has 1 unspecified atom stereocenters. The van der Waals surface area contributed by atoms with Gasteiger partial charge in [-0.2, -0.15) is 0 Å². The van der Waals surface area contributed by atoms with Crippen LogP contribution in [0.5, 0.6) is 0 Å². The predicted octanol–water partition coefficient (Wildman–Crippen LogP) is 2.13. The Labute approximate surface area is 102 Å². The number of nitrogens with one attached hydrogen (secondary N) is 1. The molecule has 1 aromatic rings. The smallest absolute Gasteiger partial charge is 0.404 e. The second-order valence-electron chi connectivity index (χ2n) is 3.99. The molecule has 0 saturated heterocycles. The Bertz CT molecular complexity index is 349. The molecule has 94 valence electrons. The zero-order chi connectivity index (χ0) is 12.7. The Morgan fingerprint density at radius 2 is 2.06 bits per heavy atom. The van der Waals surface area contributed by atoms with E-state index in [-0.39, 0.29) is 6.04 Å². The fraction of sp³-hybridized carbons (Fsp3) is 0.462. The molecule has 1 aromatic carbocycles. The molecule has 4 heteroatoms. The van der Waals surface area contributed by atoms with Crippen LogP contribution in [-0.4, -0.2) is 19.2 Å². The number of benzene rings is 1. The summed E-state index contributed by atoms with van der Waals surface area (Å²) in [5, 5.41) is 3.33. The van der Waals surface area contributed by atoms with E-state index < -0.39 is 6.09 Å². The topological polar surface area (TPSA) is 64.3 Å². The number of rotatable bonds is 6. The molecule has 0 bridgehead atoms. The molecular formula is C13H20N2O2. The number of nitrogens with two attached hydrogens (primary N) is 1. The third kappa shape index (κ3) is 4.87. The monoisotopic (exact) mass is 236 g/mol. The van der Waals surface area contributed by atoms with E-state index in [0.29, 0.717) is 13.2 Å². The van der Waals surface area contributed by atoms with E-state index in [1.807, 2.05) is 0 Å². The zero-order valence-electron chi connectivity index (χ0n) is 10.4. The number of amides is 1. The first-order valence-electron chi connectivity index (χ1n) is 5.85. The Kier molecular flexibility index (Phi) is 5.49. The maximum atomic E-state index is 10.4. The van der Waals surface area contributed by atoms with Crippen molar-refractivity contribution in [2.24, 2.45) is 5.73 Å². The van der Waals surface area contributed by atoms with E-state index in [2.05, 4.69) is 48.2 Å². The number of ether oxygens (including phenoxy) is 1. The largest absolute Gasteiger partial charge is 0.448 e. The summed E-state index contributed by atoms with van der Waals surface area (Å²) in [6.45, 7) is 5.10. The average Bonchev–Trinajstić information content (AvgIpc) is 2.30. The van der Waals surface area contributed by atoms with Crippen LogP contribution in [0.15, 0.2) is 24.3 Å². The van der Waals surface area contributed by atoms with Crippen molar-refractivity contribution in [3.05, 3.63) is 35.4 Å². The normalized spacial score (nSPS) is 12.1. The maximum Gasteiger partial charge on any atom is 0.404 e. The molecule has 0 aliphatic carbocycles. The number of carbonyl (C=O) groups is 1. The lowest BCUT2D eigenvalue weighted by atomic mass is 10.0. The number of carbonyl (C=O) groups excluding carboxylic acids is 1. The van der Waals surface area contributed by atoms with Gasteiger partial charge in [0.15, 0.2) is 0 Å². The highest BCUT2D eigenvalue weighted by Crippen LogP contribution is 2.16. The van der Waals surface area contributed by atoms with Gasteiger partial charge >= 0.3 is 6.09 Å². The Morgan fingerprint density at radius 1 is 1.41 bits per heavy atom. The van der Waals surface area contributed by atoms with Crippen LogP contribution in [0.3, 0.4) is 0 Å². The minimum atomic E-state index is -0.727. The molecule has 0 heterocycles. The van der Waals surface area contributed by atoms with Crippen molar-refractivity contribution in [3.63, 3.8) is 0 Å². The van der Waals surface area contributed by atoms with Gasteiger partial charge in [0.2, 0.25) is 0 Å². The first-order valence-corrected chi connectivity index (χ1v) is 5.85. The highest BCUT2D eigenvalue weighted by Gasteiger charge is 2.07. The van der Waals surface area contributed by atoms with Gasteiger partial charge < -0.3 is 15.8 Å². The molecule has 4 nitrogen and oxygen atoms in total. The highest BCUT2D eigenvalue weighted by molar-refractivity contribution is 5.64. The van der Waals surface area contributed by atoms with Gasteiger partial charge in [-0.25, -0.2) is 4.79 Å². The molecule has 1 atom stereocenters. The summed E-state index contributed by atoms with van der Waals surface area (Å²) >= 11 is 0. The van der Waals surface area contributed by atoms with E-state index in [1.54, 1.807) is 0 Å². The van der Waals surface area contributed by atoms with Gasteiger partial charge in [-0.15, -0.1) is 0 Å². The summed E-state index contributed by atoms with van der Waals surface area (Å²) in [6.07, 6.45) is 0.259. The van der Waals surface area contributed by atoms with E-state index in [4.69, 9.17) is 5.73 Å². The number of aryl methyl sites for hydroxylation is 1. The fourth-order valence-electron chi connectivity index (χ4n) is 1.68. The molecular weight excluding hydrogens is 216 g/mol. The minimum Gasteiger partial charge on any atom is -0.448 e. The van der Waals surface area contributed by atoms with Crippen LogP contribution in [0.25, 0.3) is 0 Å². The zero-order valence-corrected chi connectivity index (χ0v) is 10.4. The highest BCUT2D eigenvalue weighted by atomic mass is 16.5. The maximum absolute atomic E-state index is 10.4. The summed E-state index contributed by atoms with van der Waals surface area (Å²) in [7, 11) is 0. The predicted molar refractivity (Wildman–Crippen MR) is 67.7 cm³/mol. The molecule has 0 spiro atoms. The van der Waals surface area contributed by atoms with Crippen molar-refractivity contribution in [2.75, 3.05) is 13.2 Å². The molecule has 1 rings (SSSR count). The van der Waals surface area contributed by atoms with Crippen LogP contribution < -0.4 is 11.1 Å². The summed E-state index contributed by atoms with van der Waals surface area (Å²) in [6, 6.07) is 8.71. The third-order valence-corrected chi connectivity index (χ3v) is 2.63. The quantitative estimate of drug-likeness (QED) is 0.744. The van der Waals surface area contributed by atoms with Crippen LogP contribution in [-0.2, 0) is 4.74 Å². The lowest BCUT2D eigenvalue weighted by Crippen LogP contribution is -2.27. The van der Waals surface area contributed by atoms with Gasteiger partial charge in [-0.3, -0.25) is 0 Å². The summed E-state index contributed by atoms with van der Waals surface area (Å²) < 4.78 is 4.67. The van der Waals surface area contributed by atoms with Crippen LogP contribution in [0.4, 0.5) is 4.79 Å². The minimum absolute atomic E-state index is 0.284. The van der Waals surface area contributed by atoms with Crippen LogP contribution >= 0.6 is 0 Å². The lowest BCUT2D eigenvalue weighted by molar-refractivity contribution is 0.156. The van der Waals surface area contributed by atoms with Crippen molar-refractivity contribution in [2.45, 2.75) is 26.3 Å². The van der Waals surface area contributed by atoms with Crippen LogP contribution in [0.1, 0.15) is 30.5 Å². The molecule has 0 aromatic heterocycles. The van der Waals surface area contributed by atoms with Gasteiger partial charge in [0.25, 0.3) is 0 Å². The van der Waals surface area contributed by atoms with Gasteiger partial charge in [0.05, 0.1) is 0 Å². The standard InChI is InChI=1S/C13H20N2O2/c1-3-12(15-8-9-17-13(14)16)11-6-4-10(2)5-7-11/h4-7,12,15H,3,8-9H2,1-2H3,(H2,14,16). The summed E-state index contributed by atoms with van der Waals surface area (Å²) in [4.78, 5) is 10.4. The molecule has 0 aliphatic rings. The Hall–Kier alpha value is -1.55. The van der Waals surface area contributed by atoms with Crippen molar-refractivity contribution < 1.29 is 9.53 Å². The van der Waals surface area contributed by atoms with Crippen molar-refractivity contribution in [3.8, 4) is 0 Å². The molecule has 0 aliphatic heterocycles. The Morgan fingerprint density at radius 3 is 2.59 bits per heavy atom. The van der Waals surface area contributed by atoms with Gasteiger partial charge in [0, 0.05) is 12.6 Å². The SMILES string of the molecule is CCC(NCCOC(N)=O)c1ccc(C)cc1. The fourth-order valence-corrected chi connectivity index (χ4v) is 1.68. The van der Waals surface area contributed by atoms with E-state index in [1.165, 1.54) is 11.1 Å². The Balaban J connectivity index is 2.43. The van der Waals surface area contributed by atoms with Crippen molar-refractivity contribution in [1.29, 1.82) is 0 Å². The molecule has 3 N–H and O–H groups in total. The summed E-state index contributed by atoms with van der Waals surface area (Å²) in [5.74, 6) is 0. The summed E-state index contributed by atoms with van der Waals surface area (Å²) in [5.41, 5.74) is 7.38. The second-order valence-corrected chi connectivity index (χ2v) is 3.99. The number of hydrogen-bond acceptors (Lipinski definition) is 3. The average molecular weight is 236 g/mol. The van der Waals surface area contributed by atoms with E-state index in [0.717, 1.165) is 6.42 Å². The van der Waals surface area contributed by atoms with Crippen LogP contribution in [0.2, 0.25) is 0 Å². The molecule has 0 saturated carbocycles. The number of primary amides is 1. The van der Waals surface area contributed by atoms with E-state index in [9.17, 15) is 4.79 Å². The van der Waals surface area contributed by atoms with Gasteiger partial charge in [-0.05, 0) is 18.9 Å². The molecule has 17 heavy (non-hydrogen) atoms. The lowest BCUT2D eigenvalue weighted by Gasteiger charge is -2.17. The first-order chi connectivity index (χ1) is 8.13. The molecule has 0 fully saturated rings. The second kappa shape index (κ2) is 6.91.